The molecule has 2 N–H and O–H groups in total. The van der Waals surface area contributed by atoms with Gasteiger partial charge in [0.1, 0.15) is 6.04 Å². The Morgan fingerprint density at radius 3 is 2.27 bits per heavy atom. The molecule has 3 aromatic carbocycles. The molecule has 1 unspecified atom stereocenters. The quantitative estimate of drug-likeness (QED) is 0.345. The fourth-order valence-electron chi connectivity index (χ4n) is 4.69. The van der Waals surface area contributed by atoms with Crippen molar-refractivity contribution in [2.45, 2.75) is 24.4 Å². The lowest BCUT2D eigenvalue weighted by atomic mass is 10.1. The number of carbonyl (C=O) groups is 2. The van der Waals surface area contributed by atoms with Crippen LogP contribution in [-0.4, -0.2) is 60.2 Å². The van der Waals surface area contributed by atoms with E-state index in [0.29, 0.717) is 5.69 Å². The van der Waals surface area contributed by atoms with Gasteiger partial charge in [-0.15, -0.1) is 0 Å². The molecular formula is C31H31N5O4S. The third-order valence-corrected chi connectivity index (χ3v) is 8.90. The van der Waals surface area contributed by atoms with Crippen LogP contribution in [0, 0.1) is 6.92 Å². The fourth-order valence-corrected chi connectivity index (χ4v) is 6.26. The summed E-state index contributed by atoms with van der Waals surface area (Å²) in [7, 11) is -4.05. The van der Waals surface area contributed by atoms with Crippen molar-refractivity contribution in [2.24, 2.45) is 0 Å². The number of nitrogens with zero attached hydrogens (tertiary/aromatic N) is 3. The first kappa shape index (κ1) is 28.0. The topological polar surface area (TPSA) is 112 Å². The van der Waals surface area contributed by atoms with E-state index in [9.17, 15) is 18.0 Å². The van der Waals surface area contributed by atoms with Crippen molar-refractivity contribution in [3.63, 3.8) is 0 Å². The third kappa shape index (κ3) is 6.62. The van der Waals surface area contributed by atoms with E-state index in [2.05, 4.69) is 15.6 Å². The summed E-state index contributed by atoms with van der Waals surface area (Å²) in [5.41, 5.74) is 4.30. The van der Waals surface area contributed by atoms with Crippen LogP contribution in [0.25, 0.3) is 11.1 Å². The van der Waals surface area contributed by atoms with Crippen molar-refractivity contribution in [1.29, 1.82) is 0 Å². The smallest absolute Gasteiger partial charge is 0.321 e. The van der Waals surface area contributed by atoms with E-state index in [1.807, 2.05) is 55.5 Å². The molecule has 0 aliphatic carbocycles. The molecule has 1 fully saturated rings. The molecule has 1 atom stereocenters. The number of rotatable bonds is 7. The molecule has 41 heavy (non-hydrogen) atoms. The zero-order valence-corrected chi connectivity index (χ0v) is 23.4. The van der Waals surface area contributed by atoms with Crippen molar-refractivity contribution < 1.29 is 18.0 Å². The molecule has 1 saturated heterocycles. The van der Waals surface area contributed by atoms with Gasteiger partial charge in [0.25, 0.3) is 0 Å². The highest BCUT2D eigenvalue weighted by Gasteiger charge is 2.41. The Hall–Kier alpha value is -4.54. The molecule has 4 aromatic rings. The number of aromatic nitrogens is 1. The monoisotopic (exact) mass is 569 g/mol. The molecule has 0 spiro atoms. The standard InChI is InChI=1S/C31H31N5O4S/c1-23-9-13-27(14-10-23)34-31(38)35-18-19-36(29(22-35)30(37)33-21-24-6-5-17-32-20-24)41(39,40)28-15-11-26(12-16-28)25-7-3-2-4-8-25/h2-17,20,29H,18-19,21-22H2,1H3,(H,33,37)(H,34,38). The van der Waals surface area contributed by atoms with E-state index in [0.717, 1.165) is 22.3 Å². The number of anilines is 1. The molecule has 0 radical (unpaired) electrons. The summed E-state index contributed by atoms with van der Waals surface area (Å²) in [5.74, 6) is -0.494. The lowest BCUT2D eigenvalue weighted by molar-refractivity contribution is -0.126. The highest BCUT2D eigenvalue weighted by atomic mass is 32.2. The van der Waals surface area contributed by atoms with Gasteiger partial charge in [0.2, 0.25) is 15.9 Å². The zero-order chi connectivity index (χ0) is 28.8. The Balaban J connectivity index is 1.37. The maximum absolute atomic E-state index is 13.8. The van der Waals surface area contributed by atoms with E-state index < -0.39 is 28.0 Å². The lowest BCUT2D eigenvalue weighted by Gasteiger charge is -2.39. The summed E-state index contributed by atoms with van der Waals surface area (Å²) in [6.07, 6.45) is 3.26. The number of hydrogen-bond donors (Lipinski definition) is 2. The molecule has 5 rings (SSSR count). The Kier molecular flexibility index (Phi) is 8.42. The minimum absolute atomic E-state index is 0.0327. The molecule has 3 amide bonds. The van der Waals surface area contributed by atoms with Gasteiger partial charge in [0.05, 0.1) is 4.90 Å². The second kappa shape index (κ2) is 12.3. The molecule has 0 bridgehead atoms. The number of amides is 3. The molecule has 1 aromatic heterocycles. The predicted molar refractivity (Wildman–Crippen MR) is 157 cm³/mol. The molecular weight excluding hydrogens is 538 g/mol. The SMILES string of the molecule is Cc1ccc(NC(=O)N2CCN(S(=O)(=O)c3ccc(-c4ccccc4)cc3)C(C(=O)NCc3cccnc3)C2)cc1. The average molecular weight is 570 g/mol. The maximum atomic E-state index is 13.8. The van der Waals surface area contributed by atoms with Gasteiger partial charge in [-0.05, 0) is 53.9 Å². The predicted octanol–water partition coefficient (Wildman–Crippen LogP) is 4.28. The van der Waals surface area contributed by atoms with Gasteiger partial charge < -0.3 is 15.5 Å². The van der Waals surface area contributed by atoms with Crippen LogP contribution in [0.2, 0.25) is 0 Å². The average Bonchev–Trinajstić information content (AvgIpc) is 3.01. The highest BCUT2D eigenvalue weighted by Crippen LogP contribution is 2.26. The molecule has 10 heteroatoms. The zero-order valence-electron chi connectivity index (χ0n) is 22.6. The first-order valence-corrected chi connectivity index (χ1v) is 14.7. The second-order valence-corrected chi connectivity index (χ2v) is 11.7. The van der Waals surface area contributed by atoms with Gasteiger partial charge in [-0.3, -0.25) is 9.78 Å². The summed E-state index contributed by atoms with van der Waals surface area (Å²) in [4.78, 5) is 32.2. The molecule has 1 aliphatic rings. The normalized spacial score (nSPS) is 15.7. The van der Waals surface area contributed by atoms with Gasteiger partial charge in [0, 0.05) is 44.3 Å². The second-order valence-electron chi connectivity index (χ2n) is 9.84. The van der Waals surface area contributed by atoms with Gasteiger partial charge in [-0.2, -0.15) is 4.31 Å². The van der Waals surface area contributed by atoms with Crippen molar-refractivity contribution in [2.75, 3.05) is 25.0 Å². The van der Waals surface area contributed by atoms with Crippen molar-refractivity contribution in [3.05, 3.63) is 115 Å². The van der Waals surface area contributed by atoms with Crippen LogP contribution in [0.15, 0.2) is 108 Å². The van der Waals surface area contributed by atoms with Crippen LogP contribution < -0.4 is 10.6 Å². The number of urea groups is 1. The summed E-state index contributed by atoms with van der Waals surface area (Å²) >= 11 is 0. The minimum atomic E-state index is -4.05. The highest BCUT2D eigenvalue weighted by molar-refractivity contribution is 7.89. The Morgan fingerprint density at radius 1 is 0.878 bits per heavy atom. The first-order valence-electron chi connectivity index (χ1n) is 13.3. The number of aryl methyl sites for hydroxylation is 1. The number of piperazine rings is 1. The Labute approximate surface area is 239 Å². The minimum Gasteiger partial charge on any atom is -0.351 e. The first-order chi connectivity index (χ1) is 19.8. The van der Waals surface area contributed by atoms with Gasteiger partial charge in [0.15, 0.2) is 0 Å². The largest absolute Gasteiger partial charge is 0.351 e. The van der Waals surface area contributed by atoms with Gasteiger partial charge in [-0.1, -0.05) is 66.2 Å². The molecule has 1 aliphatic heterocycles. The van der Waals surface area contributed by atoms with E-state index >= 15 is 0 Å². The molecule has 2 heterocycles. The fraction of sp³-hybridized carbons (Fsp3) is 0.194. The van der Waals surface area contributed by atoms with Crippen LogP contribution in [0.4, 0.5) is 10.5 Å². The summed E-state index contributed by atoms with van der Waals surface area (Å²) < 4.78 is 28.9. The van der Waals surface area contributed by atoms with E-state index in [-0.39, 0.29) is 31.1 Å². The molecule has 210 valence electrons. The van der Waals surface area contributed by atoms with Crippen LogP contribution >= 0.6 is 0 Å². The van der Waals surface area contributed by atoms with E-state index in [1.165, 1.54) is 9.21 Å². The van der Waals surface area contributed by atoms with E-state index in [1.54, 1.807) is 54.9 Å². The summed E-state index contributed by atoms with van der Waals surface area (Å²) in [5, 5.41) is 5.67. The van der Waals surface area contributed by atoms with Crippen LogP contribution in [0.3, 0.4) is 0 Å². The van der Waals surface area contributed by atoms with Gasteiger partial charge >= 0.3 is 6.03 Å². The van der Waals surface area contributed by atoms with Crippen LogP contribution in [0.5, 0.6) is 0 Å². The van der Waals surface area contributed by atoms with Gasteiger partial charge in [-0.25, -0.2) is 13.2 Å². The Bertz CT molecular complexity index is 1600. The lowest BCUT2D eigenvalue weighted by Crippen LogP contribution is -2.61. The van der Waals surface area contributed by atoms with Crippen LogP contribution in [0.1, 0.15) is 11.1 Å². The van der Waals surface area contributed by atoms with Crippen LogP contribution in [-0.2, 0) is 21.4 Å². The van der Waals surface area contributed by atoms with Crippen molar-refractivity contribution >= 4 is 27.6 Å². The summed E-state index contributed by atoms with van der Waals surface area (Å²) in [6, 6.07) is 25.7. The maximum Gasteiger partial charge on any atom is 0.321 e. The number of pyridine rings is 1. The van der Waals surface area contributed by atoms with E-state index in [4.69, 9.17) is 0 Å². The number of nitrogens with one attached hydrogen (secondary N) is 2. The molecule has 9 nitrogen and oxygen atoms in total. The number of benzene rings is 3. The Morgan fingerprint density at radius 2 is 1.59 bits per heavy atom. The molecule has 0 saturated carbocycles. The summed E-state index contributed by atoms with van der Waals surface area (Å²) in [6.45, 7) is 2.13. The number of sulfonamides is 1. The van der Waals surface area contributed by atoms with Crippen molar-refractivity contribution in [1.82, 2.24) is 19.5 Å². The third-order valence-electron chi connectivity index (χ3n) is 6.98. The number of carbonyl (C=O) groups excluding carboxylic acids is 2. The number of hydrogen-bond acceptors (Lipinski definition) is 5. The van der Waals surface area contributed by atoms with Crippen molar-refractivity contribution in [3.8, 4) is 11.1 Å².